The van der Waals surface area contributed by atoms with Crippen molar-refractivity contribution in [1.29, 1.82) is 0 Å². The highest BCUT2D eigenvalue weighted by atomic mass is 19.4. The summed E-state index contributed by atoms with van der Waals surface area (Å²) in [5.74, 6) is -1.02. The van der Waals surface area contributed by atoms with E-state index in [1.165, 1.54) is 40.0 Å². The lowest BCUT2D eigenvalue weighted by Crippen LogP contribution is -2.50. The molecule has 2 amide bonds. The number of amides is 2. The number of pyridine rings is 1. The number of fused-ring (bicyclic) bond motifs is 1. The molecule has 1 atom stereocenters. The van der Waals surface area contributed by atoms with E-state index in [4.69, 9.17) is 9.84 Å². The summed E-state index contributed by atoms with van der Waals surface area (Å²) in [5, 5.41) is 15.3. The van der Waals surface area contributed by atoms with Crippen molar-refractivity contribution in [3.05, 3.63) is 42.2 Å². The number of likely N-dealkylation sites (tertiary alicyclic amines) is 1. The second-order valence-corrected chi connectivity index (χ2v) is 10.2. The molecule has 2 aliphatic rings. The maximum absolute atomic E-state index is 12.7. The number of alkyl halides is 3. The Morgan fingerprint density at radius 2 is 1.79 bits per heavy atom. The number of nitrogens with zero attached hydrogens (tertiary/aromatic N) is 5. The Morgan fingerprint density at radius 3 is 2.37 bits per heavy atom. The highest BCUT2D eigenvalue weighted by molar-refractivity contribution is 6.06. The molecule has 1 aromatic carbocycles. The number of hydrogen-bond donors (Lipinski definition) is 1. The fourth-order valence-electron chi connectivity index (χ4n) is 4.56. The van der Waals surface area contributed by atoms with Crippen LogP contribution in [0.15, 0.2) is 36.5 Å². The summed E-state index contributed by atoms with van der Waals surface area (Å²) in [6, 6.07) is 6.86. The van der Waals surface area contributed by atoms with Crippen LogP contribution in [0.2, 0.25) is 0 Å². The Morgan fingerprint density at radius 1 is 1.11 bits per heavy atom. The Kier molecular flexibility index (Phi) is 6.21. The van der Waals surface area contributed by atoms with E-state index < -0.39 is 30.1 Å². The molecule has 202 valence electrons. The zero-order chi connectivity index (χ0) is 27.4. The van der Waals surface area contributed by atoms with Gasteiger partial charge in [-0.25, -0.2) is 14.5 Å². The Bertz CT molecular complexity index is 1380. The lowest BCUT2D eigenvalue weighted by atomic mass is 9.94. The molecular weight excluding hydrogens is 507 g/mol. The van der Waals surface area contributed by atoms with Crippen molar-refractivity contribution in [1.82, 2.24) is 19.7 Å². The van der Waals surface area contributed by atoms with E-state index in [-0.39, 0.29) is 18.1 Å². The van der Waals surface area contributed by atoms with Gasteiger partial charge in [-0.1, -0.05) is 0 Å². The molecule has 0 radical (unpaired) electrons. The molecule has 0 spiro atoms. The normalized spacial score (nSPS) is 18.7. The number of benzene rings is 1. The highest BCUT2D eigenvalue weighted by Crippen LogP contribution is 2.39. The average Bonchev–Trinajstić information content (AvgIpc) is 3.32. The van der Waals surface area contributed by atoms with E-state index in [0.29, 0.717) is 47.7 Å². The van der Waals surface area contributed by atoms with Gasteiger partial charge in [-0.15, -0.1) is 13.2 Å². The smallest absolute Gasteiger partial charge is 0.444 e. The van der Waals surface area contributed by atoms with Gasteiger partial charge in [-0.3, -0.25) is 4.79 Å². The summed E-state index contributed by atoms with van der Waals surface area (Å²) < 4.78 is 48.7. The molecule has 0 aliphatic carbocycles. The molecule has 2 aliphatic heterocycles. The van der Waals surface area contributed by atoms with Crippen LogP contribution < -0.4 is 9.64 Å². The van der Waals surface area contributed by atoms with Crippen molar-refractivity contribution in [3.8, 4) is 11.4 Å². The van der Waals surface area contributed by atoms with Crippen LogP contribution in [0.3, 0.4) is 0 Å². The van der Waals surface area contributed by atoms with Gasteiger partial charge < -0.3 is 24.4 Å². The number of ether oxygens (including phenoxy) is 2. The quantitative estimate of drug-likeness (QED) is 0.544. The van der Waals surface area contributed by atoms with Gasteiger partial charge in [0.2, 0.25) is 0 Å². The number of hydrogen-bond acceptors (Lipinski definition) is 7. The van der Waals surface area contributed by atoms with Crippen molar-refractivity contribution in [2.24, 2.45) is 0 Å². The molecule has 10 nitrogen and oxygen atoms in total. The van der Waals surface area contributed by atoms with E-state index >= 15 is 0 Å². The van der Waals surface area contributed by atoms with Crippen molar-refractivity contribution in [2.45, 2.75) is 51.2 Å². The van der Waals surface area contributed by atoms with Crippen molar-refractivity contribution < 1.29 is 37.3 Å². The minimum atomic E-state index is -4.82. The average molecular weight is 534 g/mol. The Balaban J connectivity index is 1.53. The lowest BCUT2D eigenvalue weighted by molar-refractivity contribution is -0.274. The Hall–Kier alpha value is -3.87. The van der Waals surface area contributed by atoms with Gasteiger partial charge in [-0.05, 0) is 51.1 Å². The predicted octanol–water partition coefficient (Wildman–Crippen LogP) is 3.75. The van der Waals surface area contributed by atoms with Crippen LogP contribution in [0.4, 0.5) is 23.7 Å². The highest BCUT2D eigenvalue weighted by Gasteiger charge is 2.40. The molecule has 13 heteroatoms. The third-order valence-electron chi connectivity index (χ3n) is 6.28. The summed E-state index contributed by atoms with van der Waals surface area (Å²) in [5.41, 5.74) is 1.26. The first-order chi connectivity index (χ1) is 17.8. The van der Waals surface area contributed by atoms with Crippen LogP contribution in [0.5, 0.6) is 5.75 Å². The van der Waals surface area contributed by atoms with Crippen molar-refractivity contribution in [2.75, 3.05) is 24.5 Å². The van der Waals surface area contributed by atoms with Gasteiger partial charge in [0, 0.05) is 38.2 Å². The van der Waals surface area contributed by atoms with Gasteiger partial charge >= 0.3 is 12.5 Å². The van der Waals surface area contributed by atoms with E-state index in [2.05, 4.69) is 9.72 Å². The van der Waals surface area contributed by atoms with E-state index in [1.54, 1.807) is 31.7 Å². The molecule has 0 bridgehead atoms. The maximum atomic E-state index is 12.7. The summed E-state index contributed by atoms with van der Waals surface area (Å²) in [6.07, 6.45) is -4.59. The van der Waals surface area contributed by atoms with E-state index in [0.717, 1.165) is 0 Å². The summed E-state index contributed by atoms with van der Waals surface area (Å²) in [6.45, 7) is 6.29. The first kappa shape index (κ1) is 25.8. The third kappa shape index (κ3) is 4.97. The standard InChI is InChI=1S/C25H26F3N5O5/c1-24(2,3)38-23(36)31-12-14(13-31)20-19-17(32-11-9-18(34)22(32)35)8-10-29-21(19)33(30-20)15-4-6-16(7-5-15)37-25(26,27)28/h4-8,10,14,18,34H,9,11-13H2,1-3H3. The number of halogens is 3. The number of aliphatic hydroxyl groups excluding tert-OH is 1. The zero-order valence-corrected chi connectivity index (χ0v) is 20.9. The first-order valence-corrected chi connectivity index (χ1v) is 12.0. The van der Waals surface area contributed by atoms with Crippen LogP contribution in [-0.4, -0.2) is 74.5 Å². The molecule has 3 aromatic rings. The van der Waals surface area contributed by atoms with Gasteiger partial charge in [0.25, 0.3) is 5.91 Å². The van der Waals surface area contributed by atoms with E-state index in [9.17, 15) is 27.9 Å². The molecule has 1 unspecified atom stereocenters. The topological polar surface area (TPSA) is 110 Å². The molecule has 2 fully saturated rings. The van der Waals surface area contributed by atoms with Crippen LogP contribution in [-0.2, 0) is 9.53 Å². The molecule has 2 saturated heterocycles. The van der Waals surface area contributed by atoms with Crippen LogP contribution in [0, 0.1) is 0 Å². The summed E-state index contributed by atoms with van der Waals surface area (Å²) in [4.78, 5) is 32.6. The SMILES string of the molecule is CC(C)(C)OC(=O)N1CC(c2nn(-c3ccc(OC(F)(F)F)cc3)c3nccc(N4CCC(O)C4=O)c23)C1. The monoisotopic (exact) mass is 533 g/mol. The minimum absolute atomic E-state index is 0.204. The van der Waals surface area contributed by atoms with Crippen LogP contribution >= 0.6 is 0 Å². The molecule has 4 heterocycles. The fraction of sp³-hybridized carbons (Fsp3) is 0.440. The molecule has 0 saturated carbocycles. The van der Waals surface area contributed by atoms with Gasteiger partial charge in [0.1, 0.15) is 17.5 Å². The molecular formula is C25H26F3N5O5. The summed E-state index contributed by atoms with van der Waals surface area (Å²) >= 11 is 0. The largest absolute Gasteiger partial charge is 0.573 e. The fourth-order valence-corrected chi connectivity index (χ4v) is 4.56. The molecule has 38 heavy (non-hydrogen) atoms. The summed E-state index contributed by atoms with van der Waals surface area (Å²) in [7, 11) is 0. The van der Waals surface area contributed by atoms with Crippen molar-refractivity contribution >= 4 is 28.7 Å². The molecule has 5 rings (SSSR count). The number of carbonyl (C=O) groups is 2. The Labute approximate surface area is 215 Å². The third-order valence-corrected chi connectivity index (χ3v) is 6.28. The van der Waals surface area contributed by atoms with Crippen LogP contribution in [0.1, 0.15) is 38.8 Å². The zero-order valence-electron chi connectivity index (χ0n) is 20.9. The van der Waals surface area contributed by atoms with Crippen molar-refractivity contribution in [3.63, 3.8) is 0 Å². The number of aliphatic hydroxyl groups is 1. The molecule has 1 N–H and O–H groups in total. The second-order valence-electron chi connectivity index (χ2n) is 10.2. The number of aromatic nitrogens is 3. The number of anilines is 1. The van der Waals surface area contributed by atoms with E-state index in [1.807, 2.05) is 0 Å². The molecule has 2 aromatic heterocycles. The minimum Gasteiger partial charge on any atom is -0.444 e. The number of rotatable bonds is 4. The number of carbonyl (C=O) groups excluding carboxylic acids is 2. The lowest BCUT2D eigenvalue weighted by Gasteiger charge is -2.39. The maximum Gasteiger partial charge on any atom is 0.573 e. The first-order valence-electron chi connectivity index (χ1n) is 12.0. The second kappa shape index (κ2) is 9.15. The van der Waals surface area contributed by atoms with Gasteiger partial charge in [-0.2, -0.15) is 5.10 Å². The van der Waals surface area contributed by atoms with Gasteiger partial charge in [0.15, 0.2) is 5.65 Å². The van der Waals surface area contributed by atoms with Crippen LogP contribution in [0.25, 0.3) is 16.7 Å². The predicted molar refractivity (Wildman–Crippen MR) is 129 cm³/mol. The van der Waals surface area contributed by atoms with Gasteiger partial charge in [0.05, 0.1) is 22.5 Å².